The maximum absolute atomic E-state index is 5.72. The van der Waals surface area contributed by atoms with Crippen molar-refractivity contribution in [2.24, 2.45) is 0 Å². The zero-order valence-electron chi connectivity index (χ0n) is 8.07. The van der Waals surface area contributed by atoms with Gasteiger partial charge in [0, 0.05) is 17.8 Å². The Balaban J connectivity index is 2.01. The zero-order chi connectivity index (χ0) is 9.54. The molecule has 1 aliphatic carbocycles. The third-order valence-electron chi connectivity index (χ3n) is 2.87. The van der Waals surface area contributed by atoms with Crippen LogP contribution in [0.2, 0.25) is 0 Å². The summed E-state index contributed by atoms with van der Waals surface area (Å²) >= 11 is 0. The number of ether oxygens (including phenoxy) is 1. The topological polar surface area (TPSA) is 38.5 Å². The number of nitrogens with two attached hydrogens (primary N) is 1. The van der Waals surface area contributed by atoms with E-state index in [1.54, 1.807) is 0 Å². The number of benzene rings is 1. The van der Waals surface area contributed by atoms with Gasteiger partial charge in [-0.15, -0.1) is 0 Å². The molecular formula is C11H14N2O. The van der Waals surface area contributed by atoms with E-state index in [1.165, 1.54) is 18.5 Å². The maximum atomic E-state index is 5.72. The van der Waals surface area contributed by atoms with E-state index in [-0.39, 0.29) is 0 Å². The normalized spacial score (nSPS) is 20.1. The van der Waals surface area contributed by atoms with E-state index in [1.807, 2.05) is 12.1 Å². The van der Waals surface area contributed by atoms with Crippen LogP contribution in [-0.2, 0) is 0 Å². The summed E-state index contributed by atoms with van der Waals surface area (Å²) in [6.45, 7) is 1.80. The predicted molar refractivity (Wildman–Crippen MR) is 56.7 cm³/mol. The van der Waals surface area contributed by atoms with E-state index in [9.17, 15) is 0 Å². The van der Waals surface area contributed by atoms with E-state index in [0.717, 1.165) is 30.6 Å². The summed E-state index contributed by atoms with van der Waals surface area (Å²) in [6.07, 6.45) is 2.65. The Morgan fingerprint density at radius 1 is 1.36 bits per heavy atom. The van der Waals surface area contributed by atoms with Gasteiger partial charge in [0.2, 0.25) is 0 Å². The molecule has 2 N–H and O–H groups in total. The fraction of sp³-hybridized carbons (Fsp3) is 0.455. The highest BCUT2D eigenvalue weighted by molar-refractivity contribution is 5.65. The second-order valence-corrected chi connectivity index (χ2v) is 4.00. The number of rotatable bonds is 1. The molecule has 0 saturated heterocycles. The molecule has 0 bridgehead atoms. The fourth-order valence-electron chi connectivity index (χ4n) is 2.02. The Bertz CT molecular complexity index is 360. The number of hydrogen-bond acceptors (Lipinski definition) is 3. The van der Waals surface area contributed by atoms with Gasteiger partial charge < -0.3 is 15.4 Å². The monoisotopic (exact) mass is 190 g/mol. The Morgan fingerprint density at radius 2 is 2.21 bits per heavy atom. The second kappa shape index (κ2) is 2.80. The van der Waals surface area contributed by atoms with Crippen LogP contribution in [0.3, 0.4) is 0 Å². The highest BCUT2D eigenvalue weighted by Crippen LogP contribution is 2.39. The van der Waals surface area contributed by atoms with E-state index < -0.39 is 0 Å². The quantitative estimate of drug-likeness (QED) is 0.684. The first-order valence-corrected chi connectivity index (χ1v) is 5.13. The molecule has 0 radical (unpaired) electrons. The van der Waals surface area contributed by atoms with Gasteiger partial charge in [-0.3, -0.25) is 0 Å². The molecular weight excluding hydrogens is 176 g/mol. The Hall–Kier alpha value is -1.38. The Labute approximate surface area is 83.5 Å². The highest BCUT2D eigenvalue weighted by atomic mass is 16.5. The minimum Gasteiger partial charge on any atom is -0.489 e. The van der Waals surface area contributed by atoms with E-state index in [4.69, 9.17) is 10.5 Å². The van der Waals surface area contributed by atoms with Gasteiger partial charge in [-0.2, -0.15) is 0 Å². The first-order chi connectivity index (χ1) is 6.84. The molecule has 74 valence electrons. The molecule has 3 rings (SSSR count). The SMILES string of the molecule is Nc1ccc2c(c1)OCCN2C1CC1. The van der Waals surface area contributed by atoms with Gasteiger partial charge in [-0.25, -0.2) is 0 Å². The molecule has 1 aromatic carbocycles. The van der Waals surface area contributed by atoms with Crippen molar-refractivity contribution in [2.75, 3.05) is 23.8 Å². The highest BCUT2D eigenvalue weighted by Gasteiger charge is 2.32. The van der Waals surface area contributed by atoms with Crippen molar-refractivity contribution in [3.8, 4) is 5.75 Å². The third-order valence-corrected chi connectivity index (χ3v) is 2.87. The van der Waals surface area contributed by atoms with E-state index >= 15 is 0 Å². The molecule has 0 unspecified atom stereocenters. The second-order valence-electron chi connectivity index (χ2n) is 4.00. The summed E-state index contributed by atoms with van der Waals surface area (Å²) in [5.74, 6) is 0.947. The largest absolute Gasteiger partial charge is 0.489 e. The van der Waals surface area contributed by atoms with Crippen LogP contribution < -0.4 is 15.4 Å². The minimum absolute atomic E-state index is 0.751. The summed E-state index contributed by atoms with van der Waals surface area (Å²) < 4.78 is 5.59. The lowest BCUT2D eigenvalue weighted by atomic mass is 10.2. The summed E-state index contributed by atoms with van der Waals surface area (Å²) in [5.41, 5.74) is 7.72. The zero-order valence-corrected chi connectivity index (χ0v) is 8.07. The first kappa shape index (κ1) is 7.97. The Kier molecular flexibility index (Phi) is 1.60. The smallest absolute Gasteiger partial charge is 0.144 e. The molecule has 3 nitrogen and oxygen atoms in total. The average molecular weight is 190 g/mol. The number of anilines is 2. The van der Waals surface area contributed by atoms with Gasteiger partial charge in [0.15, 0.2) is 0 Å². The summed E-state index contributed by atoms with van der Waals surface area (Å²) in [7, 11) is 0. The molecule has 0 spiro atoms. The van der Waals surface area contributed by atoms with Crippen LogP contribution in [0.25, 0.3) is 0 Å². The number of fused-ring (bicyclic) bond motifs is 1. The number of nitrogen functional groups attached to an aromatic ring is 1. The average Bonchev–Trinajstić information content (AvgIpc) is 2.99. The van der Waals surface area contributed by atoms with Crippen LogP contribution in [0.5, 0.6) is 5.75 Å². The molecule has 1 aliphatic heterocycles. The van der Waals surface area contributed by atoms with Crippen molar-refractivity contribution in [3.63, 3.8) is 0 Å². The lowest BCUT2D eigenvalue weighted by molar-refractivity contribution is 0.307. The van der Waals surface area contributed by atoms with Crippen LogP contribution in [0.15, 0.2) is 18.2 Å². The lowest BCUT2D eigenvalue weighted by Crippen LogP contribution is -2.34. The van der Waals surface area contributed by atoms with Crippen LogP contribution in [0.1, 0.15) is 12.8 Å². The van der Waals surface area contributed by atoms with Crippen molar-refractivity contribution >= 4 is 11.4 Å². The van der Waals surface area contributed by atoms with Crippen molar-refractivity contribution < 1.29 is 4.74 Å². The minimum atomic E-state index is 0.751. The van der Waals surface area contributed by atoms with Crippen LogP contribution in [0, 0.1) is 0 Å². The van der Waals surface area contributed by atoms with E-state index in [2.05, 4.69) is 11.0 Å². The molecule has 0 aromatic heterocycles. The molecule has 2 aliphatic rings. The summed E-state index contributed by atoms with van der Waals surface area (Å²) in [6, 6.07) is 6.69. The van der Waals surface area contributed by atoms with Crippen molar-refractivity contribution in [2.45, 2.75) is 18.9 Å². The summed E-state index contributed by atoms with van der Waals surface area (Å²) in [4.78, 5) is 2.44. The molecule has 1 heterocycles. The maximum Gasteiger partial charge on any atom is 0.144 e. The van der Waals surface area contributed by atoms with Gasteiger partial charge in [0.25, 0.3) is 0 Å². The van der Waals surface area contributed by atoms with Crippen molar-refractivity contribution in [3.05, 3.63) is 18.2 Å². The standard InChI is InChI=1S/C11H14N2O/c12-8-1-4-10-11(7-8)14-6-5-13(10)9-2-3-9/h1,4,7,9H,2-3,5-6,12H2. The molecule has 1 saturated carbocycles. The van der Waals surface area contributed by atoms with Crippen LogP contribution >= 0.6 is 0 Å². The predicted octanol–water partition coefficient (Wildman–Crippen LogP) is 1.63. The first-order valence-electron chi connectivity index (χ1n) is 5.13. The van der Waals surface area contributed by atoms with Crippen LogP contribution in [-0.4, -0.2) is 19.2 Å². The van der Waals surface area contributed by atoms with Gasteiger partial charge in [0.1, 0.15) is 12.4 Å². The number of nitrogens with zero attached hydrogens (tertiary/aromatic N) is 1. The molecule has 0 atom stereocenters. The summed E-state index contributed by atoms with van der Waals surface area (Å²) in [5, 5.41) is 0. The fourth-order valence-corrected chi connectivity index (χ4v) is 2.02. The third kappa shape index (κ3) is 1.20. The van der Waals surface area contributed by atoms with Gasteiger partial charge in [-0.1, -0.05) is 0 Å². The van der Waals surface area contributed by atoms with Gasteiger partial charge in [-0.05, 0) is 25.0 Å². The van der Waals surface area contributed by atoms with Gasteiger partial charge >= 0.3 is 0 Å². The molecule has 1 aromatic rings. The van der Waals surface area contributed by atoms with Gasteiger partial charge in [0.05, 0.1) is 12.2 Å². The molecule has 3 heteroatoms. The Morgan fingerprint density at radius 3 is 3.00 bits per heavy atom. The molecule has 14 heavy (non-hydrogen) atoms. The molecule has 0 amide bonds. The molecule has 1 fully saturated rings. The number of hydrogen-bond donors (Lipinski definition) is 1. The van der Waals surface area contributed by atoms with Crippen molar-refractivity contribution in [1.29, 1.82) is 0 Å². The van der Waals surface area contributed by atoms with E-state index in [0.29, 0.717) is 0 Å². The lowest BCUT2D eigenvalue weighted by Gasteiger charge is -2.31. The van der Waals surface area contributed by atoms with Crippen LogP contribution in [0.4, 0.5) is 11.4 Å². The van der Waals surface area contributed by atoms with Crippen molar-refractivity contribution in [1.82, 2.24) is 0 Å².